The van der Waals surface area contributed by atoms with Crippen molar-refractivity contribution in [2.24, 2.45) is 0 Å². The molecule has 1 aliphatic heterocycles. The van der Waals surface area contributed by atoms with Gasteiger partial charge in [-0.2, -0.15) is 0 Å². The minimum Gasteiger partial charge on any atom is -0.377 e. The minimum absolute atomic E-state index is 0.0545. The van der Waals surface area contributed by atoms with E-state index in [1.807, 2.05) is 0 Å². The van der Waals surface area contributed by atoms with Crippen molar-refractivity contribution in [2.75, 3.05) is 19.8 Å². The number of rotatable bonds is 7. The number of ether oxygens (including phenoxy) is 1. The van der Waals surface area contributed by atoms with E-state index in [4.69, 9.17) is 4.74 Å². The van der Waals surface area contributed by atoms with E-state index in [0.717, 1.165) is 13.0 Å². The van der Waals surface area contributed by atoms with Crippen molar-refractivity contribution in [3.63, 3.8) is 0 Å². The number of hydrogen-bond acceptors (Lipinski definition) is 2. The van der Waals surface area contributed by atoms with Gasteiger partial charge in [-0.3, -0.25) is 0 Å². The van der Waals surface area contributed by atoms with E-state index in [2.05, 4.69) is 12.2 Å². The molecule has 0 spiro atoms. The van der Waals surface area contributed by atoms with Gasteiger partial charge in [-0.25, -0.2) is 4.39 Å². The van der Waals surface area contributed by atoms with Gasteiger partial charge in [0.25, 0.3) is 0 Å². The third kappa shape index (κ3) is 4.38. The van der Waals surface area contributed by atoms with Gasteiger partial charge in [0.2, 0.25) is 0 Å². The number of unbranched alkanes of at least 4 members (excludes halogenated alkanes) is 4. The zero-order chi connectivity index (χ0) is 10.2. The van der Waals surface area contributed by atoms with Crippen LogP contribution in [0, 0.1) is 0 Å². The fourth-order valence-electron chi connectivity index (χ4n) is 1.73. The summed E-state index contributed by atoms with van der Waals surface area (Å²) >= 11 is 0. The van der Waals surface area contributed by atoms with Crippen LogP contribution in [-0.2, 0) is 4.74 Å². The lowest BCUT2D eigenvalue weighted by Crippen LogP contribution is -2.37. The standard InChI is InChI=1S/C11H22FNO/c1-2-3-4-5-6-7-13-11-9-14-8-10(11)12/h10-11,13H,2-9H2,1H3/t10-,11-/m1/s1. The molecule has 0 aromatic heterocycles. The molecular weight excluding hydrogens is 181 g/mol. The number of alkyl halides is 1. The molecule has 1 saturated heterocycles. The Hall–Kier alpha value is -0.150. The topological polar surface area (TPSA) is 21.3 Å². The Balaban J connectivity index is 1.88. The number of halogens is 1. The molecule has 0 unspecified atom stereocenters. The van der Waals surface area contributed by atoms with Gasteiger partial charge in [0.05, 0.1) is 19.3 Å². The highest BCUT2D eigenvalue weighted by molar-refractivity contribution is 4.80. The maximum Gasteiger partial charge on any atom is 0.141 e. The van der Waals surface area contributed by atoms with Crippen molar-refractivity contribution in [1.29, 1.82) is 0 Å². The third-order valence-electron chi connectivity index (χ3n) is 2.70. The van der Waals surface area contributed by atoms with Crippen LogP contribution in [0.1, 0.15) is 39.0 Å². The van der Waals surface area contributed by atoms with E-state index >= 15 is 0 Å². The third-order valence-corrected chi connectivity index (χ3v) is 2.70. The van der Waals surface area contributed by atoms with Gasteiger partial charge in [0.1, 0.15) is 6.17 Å². The summed E-state index contributed by atoms with van der Waals surface area (Å²) in [5, 5.41) is 3.21. The smallest absolute Gasteiger partial charge is 0.141 e. The lowest BCUT2D eigenvalue weighted by molar-refractivity contribution is 0.172. The van der Waals surface area contributed by atoms with Gasteiger partial charge in [-0.05, 0) is 13.0 Å². The van der Waals surface area contributed by atoms with Crippen LogP contribution in [0.2, 0.25) is 0 Å². The maximum atomic E-state index is 13.0. The second kappa shape index (κ2) is 7.18. The Morgan fingerprint density at radius 3 is 2.64 bits per heavy atom. The van der Waals surface area contributed by atoms with Crippen molar-refractivity contribution in [2.45, 2.75) is 51.2 Å². The van der Waals surface area contributed by atoms with Crippen LogP contribution in [0.5, 0.6) is 0 Å². The summed E-state index contributed by atoms with van der Waals surface area (Å²) in [5.41, 5.74) is 0. The molecular formula is C11H22FNO. The first-order valence-electron chi connectivity index (χ1n) is 5.79. The fourth-order valence-corrected chi connectivity index (χ4v) is 1.73. The molecule has 0 amide bonds. The predicted molar refractivity (Wildman–Crippen MR) is 56.3 cm³/mol. The Morgan fingerprint density at radius 1 is 1.21 bits per heavy atom. The van der Waals surface area contributed by atoms with Crippen molar-refractivity contribution in [3.8, 4) is 0 Å². The second-order valence-corrected chi connectivity index (χ2v) is 4.03. The fraction of sp³-hybridized carbons (Fsp3) is 1.00. The number of hydrogen-bond donors (Lipinski definition) is 1. The lowest BCUT2D eigenvalue weighted by atomic mass is 10.1. The first kappa shape index (κ1) is 11.9. The second-order valence-electron chi connectivity index (χ2n) is 4.03. The zero-order valence-corrected chi connectivity index (χ0v) is 9.10. The van der Waals surface area contributed by atoms with Gasteiger partial charge in [-0.1, -0.05) is 32.6 Å². The van der Waals surface area contributed by atoms with E-state index in [1.54, 1.807) is 0 Å². The highest BCUT2D eigenvalue weighted by Gasteiger charge is 2.26. The zero-order valence-electron chi connectivity index (χ0n) is 9.10. The Kier molecular flexibility index (Phi) is 6.12. The van der Waals surface area contributed by atoms with E-state index < -0.39 is 6.17 Å². The molecule has 14 heavy (non-hydrogen) atoms. The summed E-state index contributed by atoms with van der Waals surface area (Å²) in [4.78, 5) is 0. The Morgan fingerprint density at radius 2 is 2.00 bits per heavy atom. The summed E-state index contributed by atoms with van der Waals surface area (Å²) in [6, 6.07) is -0.0545. The molecule has 1 heterocycles. The quantitative estimate of drug-likeness (QED) is 0.641. The highest BCUT2D eigenvalue weighted by atomic mass is 19.1. The molecule has 0 saturated carbocycles. The first-order chi connectivity index (χ1) is 6.84. The molecule has 1 rings (SSSR count). The van der Waals surface area contributed by atoms with Gasteiger partial charge in [0, 0.05) is 0 Å². The van der Waals surface area contributed by atoms with Crippen molar-refractivity contribution >= 4 is 0 Å². The van der Waals surface area contributed by atoms with Crippen LogP contribution in [0.15, 0.2) is 0 Å². The highest BCUT2D eigenvalue weighted by Crippen LogP contribution is 2.09. The first-order valence-corrected chi connectivity index (χ1v) is 5.79. The average molecular weight is 203 g/mol. The molecule has 84 valence electrons. The Bertz CT molecular complexity index is 143. The van der Waals surface area contributed by atoms with Crippen molar-refractivity contribution < 1.29 is 9.13 Å². The molecule has 3 heteroatoms. The van der Waals surface area contributed by atoms with Crippen LogP contribution in [0.4, 0.5) is 4.39 Å². The van der Waals surface area contributed by atoms with Gasteiger partial charge >= 0.3 is 0 Å². The molecule has 0 bridgehead atoms. The van der Waals surface area contributed by atoms with Gasteiger partial charge in [-0.15, -0.1) is 0 Å². The number of nitrogens with one attached hydrogen (secondary N) is 1. The summed E-state index contributed by atoms with van der Waals surface area (Å²) in [7, 11) is 0. The lowest BCUT2D eigenvalue weighted by Gasteiger charge is -2.12. The normalized spacial score (nSPS) is 27.0. The van der Waals surface area contributed by atoms with Crippen molar-refractivity contribution in [1.82, 2.24) is 5.32 Å². The Labute approximate surface area is 86.2 Å². The van der Waals surface area contributed by atoms with Crippen molar-refractivity contribution in [3.05, 3.63) is 0 Å². The van der Waals surface area contributed by atoms with Gasteiger partial charge in [0.15, 0.2) is 0 Å². The maximum absolute atomic E-state index is 13.0. The molecule has 0 aliphatic carbocycles. The van der Waals surface area contributed by atoms with Crippen LogP contribution in [-0.4, -0.2) is 32.0 Å². The van der Waals surface area contributed by atoms with E-state index in [9.17, 15) is 4.39 Å². The predicted octanol–water partition coefficient (Wildman–Crippen LogP) is 2.28. The average Bonchev–Trinajstić information content (AvgIpc) is 2.58. The molecule has 1 fully saturated rings. The van der Waals surface area contributed by atoms with Gasteiger partial charge < -0.3 is 10.1 Å². The van der Waals surface area contributed by atoms with Crippen LogP contribution in [0.3, 0.4) is 0 Å². The minimum atomic E-state index is -0.800. The van der Waals surface area contributed by atoms with E-state index in [0.29, 0.717) is 6.61 Å². The summed E-state index contributed by atoms with van der Waals surface area (Å²) in [5.74, 6) is 0. The largest absolute Gasteiger partial charge is 0.377 e. The molecule has 2 nitrogen and oxygen atoms in total. The molecule has 0 radical (unpaired) electrons. The molecule has 0 aromatic carbocycles. The summed E-state index contributed by atoms with van der Waals surface area (Å²) in [6.45, 7) is 3.95. The van der Waals surface area contributed by atoms with Crippen LogP contribution < -0.4 is 5.32 Å². The molecule has 2 atom stereocenters. The van der Waals surface area contributed by atoms with E-state index in [1.165, 1.54) is 25.7 Å². The summed E-state index contributed by atoms with van der Waals surface area (Å²) < 4.78 is 18.1. The van der Waals surface area contributed by atoms with Crippen LogP contribution >= 0.6 is 0 Å². The molecule has 1 N–H and O–H groups in total. The molecule has 0 aromatic rings. The molecule has 1 aliphatic rings. The monoisotopic (exact) mass is 203 g/mol. The summed E-state index contributed by atoms with van der Waals surface area (Å²) in [6.07, 6.45) is 5.51. The van der Waals surface area contributed by atoms with Crippen LogP contribution in [0.25, 0.3) is 0 Å². The van der Waals surface area contributed by atoms with E-state index in [-0.39, 0.29) is 12.6 Å². The SMILES string of the molecule is CCCCCCCN[C@@H]1COC[C@H]1F.